The topological polar surface area (TPSA) is 133 Å². The number of carboxylic acid groups (broad SMARTS) is 1. The zero-order valence-electron chi connectivity index (χ0n) is 20.1. The molecule has 6 rings (SSSR count). The standard InChI is InChI=1S/C26H31NO7S/c1-4-35-17-11-26-10-13-9-16(34-25(13,3)12-26)21(26)24(2,22(17)31)8-7-18(29)27-19-15(28)6-5-14(20(19)30)23(32)33/h5-6,11,13,16,21,28,30H,4,7-10,12H2,1-3H3,(H,27,29)(H,32,33)/t13-,16+,21+,24+,25+,26-/m1/s1. The predicted molar refractivity (Wildman–Crippen MR) is 130 cm³/mol. The van der Waals surface area contributed by atoms with Crippen LogP contribution in [0.3, 0.4) is 0 Å². The van der Waals surface area contributed by atoms with Crippen molar-refractivity contribution >= 4 is 35.1 Å². The number of amides is 1. The molecule has 2 saturated carbocycles. The molecule has 4 N–H and O–H groups in total. The first-order valence-corrected chi connectivity index (χ1v) is 13.1. The Bertz CT molecular complexity index is 1160. The van der Waals surface area contributed by atoms with Crippen molar-refractivity contribution in [2.75, 3.05) is 11.1 Å². The number of ketones is 1. The number of aromatic carboxylic acids is 1. The van der Waals surface area contributed by atoms with Crippen LogP contribution in [0.25, 0.3) is 0 Å². The highest BCUT2D eigenvalue weighted by atomic mass is 32.2. The largest absolute Gasteiger partial charge is 0.506 e. The molecular formula is C26H31NO7S. The number of aromatic hydroxyl groups is 2. The fourth-order valence-electron chi connectivity index (χ4n) is 7.48. The first-order valence-electron chi connectivity index (χ1n) is 12.1. The number of anilines is 1. The van der Waals surface area contributed by atoms with E-state index in [9.17, 15) is 29.7 Å². The van der Waals surface area contributed by atoms with E-state index in [1.807, 2.05) is 13.8 Å². The zero-order valence-corrected chi connectivity index (χ0v) is 20.9. The molecule has 188 valence electrons. The number of carbonyl (C=O) groups excluding carboxylic acids is 2. The molecule has 0 aromatic heterocycles. The number of rotatable bonds is 7. The summed E-state index contributed by atoms with van der Waals surface area (Å²) < 4.78 is 6.50. The van der Waals surface area contributed by atoms with E-state index in [4.69, 9.17) is 4.74 Å². The number of hydrogen-bond donors (Lipinski definition) is 4. The van der Waals surface area contributed by atoms with Gasteiger partial charge in [0, 0.05) is 22.7 Å². The number of hydrogen-bond acceptors (Lipinski definition) is 7. The monoisotopic (exact) mass is 501 g/mol. The summed E-state index contributed by atoms with van der Waals surface area (Å²) in [5.41, 5.74) is -1.82. The lowest BCUT2D eigenvalue weighted by atomic mass is 9.51. The average molecular weight is 502 g/mol. The summed E-state index contributed by atoms with van der Waals surface area (Å²) in [6.07, 6.45) is 5.28. The average Bonchev–Trinajstić information content (AvgIpc) is 3.14. The van der Waals surface area contributed by atoms with E-state index in [1.165, 1.54) is 0 Å². The summed E-state index contributed by atoms with van der Waals surface area (Å²) in [5.74, 6) is -1.73. The molecule has 8 nitrogen and oxygen atoms in total. The van der Waals surface area contributed by atoms with Crippen LogP contribution in [-0.2, 0) is 14.3 Å². The van der Waals surface area contributed by atoms with E-state index >= 15 is 0 Å². The van der Waals surface area contributed by atoms with E-state index in [-0.39, 0.29) is 47.4 Å². The van der Waals surface area contributed by atoms with Gasteiger partial charge in [0.05, 0.1) is 11.7 Å². The van der Waals surface area contributed by atoms with Crippen LogP contribution in [-0.4, -0.2) is 50.4 Å². The SMILES string of the molecule is CCSC1=C[C@]23C[C@H]4C[C@H](O[C@@]4(C)C2)[C@H]3[C@](C)(CCC(=O)Nc2c(O)ccc(C(=O)O)c2O)C1=O. The summed E-state index contributed by atoms with van der Waals surface area (Å²) in [5, 5.41) is 32.0. The number of carboxylic acids is 1. The number of allylic oxidation sites excluding steroid dienone is 2. The molecule has 4 fully saturated rings. The summed E-state index contributed by atoms with van der Waals surface area (Å²) >= 11 is 1.56. The first-order chi connectivity index (χ1) is 16.4. The second kappa shape index (κ2) is 8.00. The van der Waals surface area contributed by atoms with Crippen molar-refractivity contribution < 1.29 is 34.4 Å². The van der Waals surface area contributed by atoms with Crippen LogP contribution in [0.15, 0.2) is 23.1 Å². The summed E-state index contributed by atoms with van der Waals surface area (Å²) in [4.78, 5) is 38.8. The number of thioether (sulfide) groups is 1. The van der Waals surface area contributed by atoms with E-state index in [1.54, 1.807) is 11.8 Å². The van der Waals surface area contributed by atoms with Gasteiger partial charge in [0.1, 0.15) is 17.0 Å². The van der Waals surface area contributed by atoms with Gasteiger partial charge in [0.25, 0.3) is 0 Å². The van der Waals surface area contributed by atoms with Crippen molar-refractivity contribution in [3.8, 4) is 11.5 Å². The van der Waals surface area contributed by atoms with Crippen LogP contribution in [0.5, 0.6) is 11.5 Å². The maximum atomic E-state index is 13.8. The third-order valence-corrected chi connectivity index (χ3v) is 9.67. The zero-order chi connectivity index (χ0) is 25.3. The van der Waals surface area contributed by atoms with Gasteiger partial charge in [-0.15, -0.1) is 11.8 Å². The highest BCUT2D eigenvalue weighted by molar-refractivity contribution is 8.04. The summed E-state index contributed by atoms with van der Waals surface area (Å²) in [6.45, 7) is 6.17. The molecule has 0 unspecified atom stereocenters. The van der Waals surface area contributed by atoms with Gasteiger partial charge >= 0.3 is 5.97 Å². The Morgan fingerprint density at radius 2 is 2.00 bits per heavy atom. The smallest absolute Gasteiger partial charge is 0.339 e. The normalized spacial score (nSPS) is 36.7. The lowest BCUT2D eigenvalue weighted by molar-refractivity contribution is -0.169. The van der Waals surface area contributed by atoms with Crippen molar-refractivity contribution in [3.63, 3.8) is 0 Å². The first kappa shape index (κ1) is 24.2. The van der Waals surface area contributed by atoms with Gasteiger partial charge in [-0.3, -0.25) is 9.59 Å². The van der Waals surface area contributed by atoms with Crippen molar-refractivity contribution in [2.24, 2.45) is 22.7 Å². The molecule has 1 aromatic carbocycles. The van der Waals surface area contributed by atoms with Crippen LogP contribution in [0.1, 0.15) is 63.2 Å². The number of benzene rings is 1. The third-order valence-electron chi connectivity index (χ3n) is 8.77. The minimum absolute atomic E-state index is 0.0134. The minimum Gasteiger partial charge on any atom is -0.506 e. The van der Waals surface area contributed by atoms with Crippen LogP contribution < -0.4 is 5.32 Å². The molecular weight excluding hydrogens is 470 g/mol. The van der Waals surface area contributed by atoms with Crippen LogP contribution in [0.2, 0.25) is 0 Å². The summed E-state index contributed by atoms with van der Waals surface area (Å²) in [7, 11) is 0. The molecule has 3 aliphatic carbocycles. The molecule has 9 heteroatoms. The Morgan fingerprint density at radius 3 is 2.66 bits per heavy atom. The fourth-order valence-corrected chi connectivity index (χ4v) is 8.47. The van der Waals surface area contributed by atoms with Gasteiger partial charge in [-0.05, 0) is 61.8 Å². The van der Waals surface area contributed by atoms with Crippen molar-refractivity contribution in [1.29, 1.82) is 0 Å². The molecule has 1 amide bonds. The molecule has 2 heterocycles. The highest BCUT2D eigenvalue weighted by Gasteiger charge is 2.72. The molecule has 1 aromatic rings. The van der Waals surface area contributed by atoms with Crippen LogP contribution in [0.4, 0.5) is 5.69 Å². The number of nitrogens with one attached hydrogen (secondary N) is 1. The fraction of sp³-hybridized carbons (Fsp3) is 0.577. The Labute approximate surface area is 208 Å². The highest BCUT2D eigenvalue weighted by Crippen LogP contribution is 2.72. The minimum atomic E-state index is -1.38. The molecule has 4 bridgehead atoms. The molecule has 2 saturated heterocycles. The Balaban J connectivity index is 1.41. The number of phenolic OH excluding ortho intramolecular Hbond substituents is 1. The maximum Gasteiger partial charge on any atom is 0.339 e. The molecule has 5 aliphatic rings. The van der Waals surface area contributed by atoms with E-state index in [2.05, 4.69) is 18.3 Å². The number of phenols is 2. The van der Waals surface area contributed by atoms with E-state index in [0.29, 0.717) is 5.92 Å². The second-order valence-corrected chi connectivity index (χ2v) is 12.2. The van der Waals surface area contributed by atoms with Gasteiger partial charge < -0.3 is 25.4 Å². The van der Waals surface area contributed by atoms with Crippen molar-refractivity contribution in [3.05, 3.63) is 28.7 Å². The van der Waals surface area contributed by atoms with Gasteiger partial charge in [-0.2, -0.15) is 0 Å². The number of ether oxygens (including phenoxy) is 1. The van der Waals surface area contributed by atoms with Crippen LogP contribution in [0, 0.1) is 22.7 Å². The lowest BCUT2D eigenvalue weighted by Crippen LogP contribution is -2.57. The molecule has 35 heavy (non-hydrogen) atoms. The maximum absolute atomic E-state index is 13.8. The van der Waals surface area contributed by atoms with Gasteiger partial charge in [0.15, 0.2) is 11.5 Å². The van der Waals surface area contributed by atoms with Crippen molar-refractivity contribution in [2.45, 2.75) is 64.6 Å². The molecule has 0 radical (unpaired) electrons. The Hall–Kier alpha value is -2.52. The quantitative estimate of drug-likeness (QED) is 0.406. The van der Waals surface area contributed by atoms with E-state index in [0.717, 1.165) is 42.1 Å². The predicted octanol–water partition coefficient (Wildman–Crippen LogP) is 4.31. The molecule has 6 atom stereocenters. The van der Waals surface area contributed by atoms with E-state index < -0.39 is 34.4 Å². The Kier molecular flexibility index (Phi) is 5.53. The van der Waals surface area contributed by atoms with Crippen LogP contribution >= 0.6 is 11.8 Å². The van der Waals surface area contributed by atoms with Crippen molar-refractivity contribution in [1.82, 2.24) is 0 Å². The van der Waals surface area contributed by atoms with Gasteiger partial charge in [0.2, 0.25) is 5.91 Å². The van der Waals surface area contributed by atoms with Gasteiger partial charge in [-0.25, -0.2) is 4.79 Å². The Morgan fingerprint density at radius 1 is 1.26 bits per heavy atom. The molecule has 2 aliphatic heterocycles. The summed E-state index contributed by atoms with van der Waals surface area (Å²) in [6, 6.07) is 2.17. The lowest BCUT2D eigenvalue weighted by Gasteiger charge is -2.56. The molecule has 1 spiro atoms. The number of Topliss-reactive ketones (excluding diaryl/α,β-unsaturated/α-hetero) is 1. The third kappa shape index (κ3) is 3.49. The van der Waals surface area contributed by atoms with Gasteiger partial charge in [-0.1, -0.05) is 19.9 Å². The number of carbonyl (C=O) groups is 3. The second-order valence-electron chi connectivity index (χ2n) is 10.9.